The number of amides is 2. The van der Waals surface area contributed by atoms with Crippen LogP contribution in [-0.2, 0) is 4.79 Å². The molecular formula is C29H21BrN2O5. The lowest BCUT2D eigenvalue weighted by Gasteiger charge is -2.13. The first-order valence-electron chi connectivity index (χ1n) is 11.1. The Hall–Kier alpha value is -4.69. The zero-order valence-electron chi connectivity index (χ0n) is 19.4. The minimum Gasteiger partial charge on any atom is -0.478 e. The highest BCUT2D eigenvalue weighted by atomic mass is 79.9. The number of aromatic carboxylic acids is 1. The molecule has 4 rings (SSSR count). The highest BCUT2D eigenvalue weighted by Crippen LogP contribution is 2.29. The molecular weight excluding hydrogens is 536 g/mol. The van der Waals surface area contributed by atoms with Gasteiger partial charge in [0.15, 0.2) is 0 Å². The Bertz CT molecular complexity index is 1470. The van der Waals surface area contributed by atoms with Crippen LogP contribution in [0.3, 0.4) is 0 Å². The van der Waals surface area contributed by atoms with Crippen LogP contribution in [0.4, 0.5) is 5.69 Å². The lowest BCUT2D eigenvalue weighted by atomic mass is 10.1. The standard InChI is InChI=1S/C29H21BrN2O5/c30-23-11-5-7-13-26(23)37-21-16-14-19(15-17-21)18-25(32-27(33)20-8-2-1-3-9-20)28(34)31-24-12-6-4-10-22(24)29(35)36/h1-18H,(H,31,34)(H,32,33)(H,35,36)/b25-18+. The van der Waals surface area contributed by atoms with E-state index in [4.69, 9.17) is 4.74 Å². The smallest absolute Gasteiger partial charge is 0.337 e. The monoisotopic (exact) mass is 556 g/mol. The lowest BCUT2D eigenvalue weighted by Crippen LogP contribution is -2.31. The van der Waals surface area contributed by atoms with Crippen molar-refractivity contribution in [1.29, 1.82) is 0 Å². The van der Waals surface area contributed by atoms with Crippen LogP contribution in [0.1, 0.15) is 26.3 Å². The molecule has 0 saturated heterocycles. The van der Waals surface area contributed by atoms with Crippen molar-refractivity contribution in [3.63, 3.8) is 0 Å². The Balaban J connectivity index is 1.61. The molecule has 37 heavy (non-hydrogen) atoms. The molecule has 0 aliphatic heterocycles. The number of rotatable bonds is 8. The van der Waals surface area contributed by atoms with E-state index in [0.29, 0.717) is 22.6 Å². The van der Waals surface area contributed by atoms with Gasteiger partial charge >= 0.3 is 5.97 Å². The van der Waals surface area contributed by atoms with Crippen LogP contribution in [0.2, 0.25) is 0 Å². The Morgan fingerprint density at radius 3 is 2.14 bits per heavy atom. The summed E-state index contributed by atoms with van der Waals surface area (Å²) in [5.74, 6) is -1.11. The molecule has 0 atom stereocenters. The van der Waals surface area contributed by atoms with E-state index in [1.807, 2.05) is 24.3 Å². The lowest BCUT2D eigenvalue weighted by molar-refractivity contribution is -0.113. The number of carbonyl (C=O) groups excluding carboxylic acids is 2. The summed E-state index contributed by atoms with van der Waals surface area (Å²) in [5, 5.41) is 14.7. The van der Waals surface area contributed by atoms with Crippen LogP contribution < -0.4 is 15.4 Å². The molecule has 8 heteroatoms. The van der Waals surface area contributed by atoms with Crippen molar-refractivity contribution in [1.82, 2.24) is 5.32 Å². The maximum Gasteiger partial charge on any atom is 0.337 e. The van der Waals surface area contributed by atoms with Gasteiger partial charge in [-0.1, -0.05) is 54.6 Å². The fourth-order valence-electron chi connectivity index (χ4n) is 3.36. The minimum absolute atomic E-state index is 0.0616. The first-order chi connectivity index (χ1) is 17.9. The van der Waals surface area contributed by atoms with Crippen LogP contribution in [-0.4, -0.2) is 22.9 Å². The number of nitrogens with one attached hydrogen (secondary N) is 2. The molecule has 2 amide bonds. The number of halogens is 1. The second-order valence-corrected chi connectivity index (χ2v) is 8.64. The van der Waals surface area contributed by atoms with Crippen molar-refractivity contribution in [2.24, 2.45) is 0 Å². The van der Waals surface area contributed by atoms with Crippen molar-refractivity contribution in [2.75, 3.05) is 5.32 Å². The van der Waals surface area contributed by atoms with Gasteiger partial charge in [0, 0.05) is 5.56 Å². The summed E-state index contributed by atoms with van der Waals surface area (Å²) in [4.78, 5) is 37.6. The number of ether oxygens (including phenoxy) is 1. The summed E-state index contributed by atoms with van der Waals surface area (Å²) in [5.41, 5.74) is 0.956. The van der Waals surface area contributed by atoms with Gasteiger partial charge in [-0.3, -0.25) is 9.59 Å². The van der Waals surface area contributed by atoms with E-state index < -0.39 is 17.8 Å². The number of hydrogen-bond acceptors (Lipinski definition) is 4. The fourth-order valence-corrected chi connectivity index (χ4v) is 3.73. The number of carboxylic acid groups (broad SMARTS) is 1. The number of carboxylic acids is 1. The SMILES string of the molecule is O=C(Nc1ccccc1C(=O)O)/C(=C\c1ccc(Oc2ccccc2Br)cc1)NC(=O)c1ccccc1. The number of anilines is 1. The largest absolute Gasteiger partial charge is 0.478 e. The first-order valence-corrected chi connectivity index (χ1v) is 11.9. The molecule has 0 fully saturated rings. The molecule has 0 bridgehead atoms. The van der Waals surface area contributed by atoms with Crippen molar-refractivity contribution in [3.8, 4) is 11.5 Å². The Morgan fingerprint density at radius 2 is 1.43 bits per heavy atom. The van der Waals surface area contributed by atoms with Gasteiger partial charge in [0.1, 0.15) is 17.2 Å². The molecule has 0 saturated carbocycles. The summed E-state index contributed by atoms with van der Waals surface area (Å²) < 4.78 is 6.69. The normalized spacial score (nSPS) is 10.9. The van der Waals surface area contributed by atoms with E-state index in [9.17, 15) is 19.5 Å². The van der Waals surface area contributed by atoms with Crippen LogP contribution in [0.25, 0.3) is 6.08 Å². The fraction of sp³-hybridized carbons (Fsp3) is 0. The first kappa shape index (κ1) is 25.4. The Labute approximate surface area is 221 Å². The van der Waals surface area contributed by atoms with Gasteiger partial charge in [-0.25, -0.2) is 4.79 Å². The van der Waals surface area contributed by atoms with Gasteiger partial charge in [-0.05, 0) is 76.1 Å². The number of benzene rings is 4. The summed E-state index contributed by atoms with van der Waals surface area (Å²) in [6.07, 6.45) is 1.50. The average molecular weight is 557 g/mol. The zero-order chi connectivity index (χ0) is 26.2. The van der Waals surface area contributed by atoms with E-state index >= 15 is 0 Å². The van der Waals surface area contributed by atoms with E-state index in [2.05, 4.69) is 26.6 Å². The van der Waals surface area contributed by atoms with Crippen LogP contribution in [0.5, 0.6) is 11.5 Å². The summed E-state index contributed by atoms with van der Waals surface area (Å²) in [6.45, 7) is 0. The maximum atomic E-state index is 13.2. The zero-order valence-corrected chi connectivity index (χ0v) is 20.9. The number of para-hydroxylation sites is 2. The molecule has 0 aromatic heterocycles. The molecule has 0 aliphatic carbocycles. The predicted octanol–water partition coefficient (Wildman–Crippen LogP) is 6.35. The second kappa shape index (κ2) is 11.8. The quantitative estimate of drug-likeness (QED) is 0.219. The van der Waals surface area contributed by atoms with E-state index in [1.165, 1.54) is 18.2 Å². The van der Waals surface area contributed by atoms with E-state index in [-0.39, 0.29) is 16.9 Å². The van der Waals surface area contributed by atoms with E-state index in [1.54, 1.807) is 66.7 Å². The highest BCUT2D eigenvalue weighted by molar-refractivity contribution is 9.10. The topological polar surface area (TPSA) is 105 Å². The number of hydrogen-bond donors (Lipinski definition) is 3. The van der Waals surface area contributed by atoms with Crippen LogP contribution in [0.15, 0.2) is 113 Å². The van der Waals surface area contributed by atoms with Crippen LogP contribution in [0, 0.1) is 0 Å². The molecule has 0 spiro atoms. The highest BCUT2D eigenvalue weighted by Gasteiger charge is 2.18. The maximum absolute atomic E-state index is 13.2. The molecule has 0 radical (unpaired) electrons. The molecule has 0 unspecified atom stereocenters. The molecule has 0 aliphatic rings. The van der Waals surface area contributed by atoms with Crippen molar-refractivity contribution in [2.45, 2.75) is 0 Å². The molecule has 7 nitrogen and oxygen atoms in total. The molecule has 4 aromatic carbocycles. The van der Waals surface area contributed by atoms with Gasteiger partial charge in [0.05, 0.1) is 15.7 Å². The molecule has 3 N–H and O–H groups in total. The Morgan fingerprint density at radius 1 is 0.784 bits per heavy atom. The summed E-state index contributed by atoms with van der Waals surface area (Å²) in [6, 6.07) is 28.9. The van der Waals surface area contributed by atoms with Gasteiger partial charge < -0.3 is 20.5 Å². The molecule has 4 aromatic rings. The van der Waals surface area contributed by atoms with Gasteiger partial charge in [-0.15, -0.1) is 0 Å². The third kappa shape index (κ3) is 6.71. The van der Waals surface area contributed by atoms with Gasteiger partial charge in [0.2, 0.25) is 0 Å². The van der Waals surface area contributed by atoms with Crippen molar-refractivity contribution >= 4 is 45.5 Å². The van der Waals surface area contributed by atoms with Crippen molar-refractivity contribution < 1.29 is 24.2 Å². The third-order valence-corrected chi connectivity index (χ3v) is 5.85. The van der Waals surface area contributed by atoms with E-state index in [0.717, 1.165) is 4.47 Å². The third-order valence-electron chi connectivity index (χ3n) is 5.19. The van der Waals surface area contributed by atoms with Gasteiger partial charge in [-0.2, -0.15) is 0 Å². The average Bonchev–Trinajstić information content (AvgIpc) is 2.91. The summed E-state index contributed by atoms with van der Waals surface area (Å²) >= 11 is 3.44. The Kier molecular flexibility index (Phi) is 8.12. The summed E-state index contributed by atoms with van der Waals surface area (Å²) in [7, 11) is 0. The molecule has 0 heterocycles. The predicted molar refractivity (Wildman–Crippen MR) is 145 cm³/mol. The van der Waals surface area contributed by atoms with Crippen molar-refractivity contribution in [3.05, 3.63) is 130 Å². The number of carbonyl (C=O) groups is 3. The van der Waals surface area contributed by atoms with Gasteiger partial charge in [0.25, 0.3) is 11.8 Å². The minimum atomic E-state index is -1.18. The second-order valence-electron chi connectivity index (χ2n) is 7.78. The molecule has 184 valence electrons. The van der Waals surface area contributed by atoms with Crippen LogP contribution >= 0.6 is 15.9 Å².